The average Bonchev–Trinajstić information content (AvgIpc) is 2.60. The summed E-state index contributed by atoms with van der Waals surface area (Å²) in [6.45, 7) is 2.01. The predicted molar refractivity (Wildman–Crippen MR) is 109 cm³/mol. The Morgan fingerprint density at radius 2 is 2.04 bits per heavy atom. The molecule has 2 aromatic carbocycles. The number of hydrogen-bond donors (Lipinski definition) is 4. The highest BCUT2D eigenvalue weighted by molar-refractivity contribution is 6.35. The fraction of sp³-hybridized carbons (Fsp3) is 0.250. The lowest BCUT2D eigenvalue weighted by atomic mass is 10.0. The van der Waals surface area contributed by atoms with Crippen molar-refractivity contribution in [3.8, 4) is 5.75 Å². The molecule has 1 atom stereocenters. The Kier molecular flexibility index (Phi) is 7.80. The number of allylic oxidation sites excluding steroid dienone is 1. The molecule has 0 spiro atoms. The minimum atomic E-state index is -0.686. The van der Waals surface area contributed by atoms with Gasteiger partial charge in [-0.1, -0.05) is 42.6 Å². The third kappa shape index (κ3) is 6.33. The number of halogens is 3. The molecule has 0 amide bonds. The van der Waals surface area contributed by atoms with Gasteiger partial charge in [-0.05, 0) is 36.2 Å². The second kappa shape index (κ2) is 9.85. The van der Waals surface area contributed by atoms with Crippen LogP contribution in [-0.2, 0) is 6.42 Å². The number of hydrogen-bond acceptors (Lipinski definition) is 3. The number of phenols is 1. The first kappa shape index (κ1) is 21.4. The van der Waals surface area contributed by atoms with Crippen LogP contribution in [0.25, 0.3) is 0 Å². The SMILES string of the molecule is CCCC(N)C(=N)/C=C(/Cc1ccc(O)c(F)c1)[NH2+]c1ccc(Cl)cc1Cl. The van der Waals surface area contributed by atoms with Gasteiger partial charge in [0.1, 0.15) is 10.7 Å². The molecule has 6 N–H and O–H groups in total. The van der Waals surface area contributed by atoms with Gasteiger partial charge in [0.15, 0.2) is 17.3 Å². The van der Waals surface area contributed by atoms with Crippen molar-refractivity contribution in [1.82, 2.24) is 0 Å². The molecule has 0 saturated carbocycles. The highest BCUT2D eigenvalue weighted by Gasteiger charge is 2.15. The van der Waals surface area contributed by atoms with Gasteiger partial charge < -0.3 is 16.2 Å². The first-order valence-corrected chi connectivity index (χ1v) is 9.37. The van der Waals surface area contributed by atoms with Crippen LogP contribution in [0.3, 0.4) is 0 Å². The van der Waals surface area contributed by atoms with Crippen LogP contribution in [0.5, 0.6) is 5.75 Å². The average molecular weight is 411 g/mol. The number of benzene rings is 2. The molecule has 0 saturated heterocycles. The molecular formula is C20H23Cl2FN3O+. The quantitative estimate of drug-likeness (QED) is 0.386. The summed E-state index contributed by atoms with van der Waals surface area (Å²) in [5.41, 5.74) is 8.49. The Labute approximate surface area is 168 Å². The first-order chi connectivity index (χ1) is 12.8. The van der Waals surface area contributed by atoms with Gasteiger partial charge in [-0.3, -0.25) is 5.32 Å². The molecule has 4 nitrogen and oxygen atoms in total. The maximum absolute atomic E-state index is 13.7. The lowest BCUT2D eigenvalue weighted by molar-refractivity contribution is -0.519. The van der Waals surface area contributed by atoms with Crippen molar-refractivity contribution in [1.29, 1.82) is 5.41 Å². The molecule has 7 heteroatoms. The Morgan fingerprint density at radius 1 is 1.30 bits per heavy atom. The summed E-state index contributed by atoms with van der Waals surface area (Å²) in [4.78, 5) is 0. The Morgan fingerprint density at radius 3 is 2.67 bits per heavy atom. The zero-order chi connectivity index (χ0) is 20.0. The molecule has 0 bridgehead atoms. The maximum Gasteiger partial charge on any atom is 0.165 e. The fourth-order valence-electron chi connectivity index (χ4n) is 2.63. The highest BCUT2D eigenvalue weighted by Crippen LogP contribution is 2.23. The molecule has 0 radical (unpaired) electrons. The normalized spacial score (nSPS) is 12.9. The molecule has 27 heavy (non-hydrogen) atoms. The van der Waals surface area contributed by atoms with Crippen molar-refractivity contribution in [3.63, 3.8) is 0 Å². The molecule has 0 heterocycles. The van der Waals surface area contributed by atoms with Gasteiger partial charge in [0.25, 0.3) is 0 Å². The number of nitrogens with two attached hydrogens (primary N) is 2. The molecule has 2 rings (SSSR count). The van der Waals surface area contributed by atoms with Gasteiger partial charge >= 0.3 is 0 Å². The number of nitrogens with one attached hydrogen (secondary N) is 1. The number of quaternary nitrogens is 1. The van der Waals surface area contributed by atoms with Gasteiger partial charge in [0, 0.05) is 29.6 Å². The second-order valence-corrected chi connectivity index (χ2v) is 7.19. The minimum absolute atomic E-state index is 0.299. The van der Waals surface area contributed by atoms with E-state index in [9.17, 15) is 9.50 Å². The molecule has 0 aliphatic rings. The summed E-state index contributed by atoms with van der Waals surface area (Å²) in [7, 11) is 0. The zero-order valence-electron chi connectivity index (χ0n) is 15.0. The van der Waals surface area contributed by atoms with E-state index in [-0.39, 0.29) is 6.04 Å². The van der Waals surface area contributed by atoms with Crippen LogP contribution >= 0.6 is 23.2 Å². The van der Waals surface area contributed by atoms with Crippen molar-refractivity contribution in [2.75, 3.05) is 0 Å². The predicted octanol–water partition coefficient (Wildman–Crippen LogP) is 4.31. The van der Waals surface area contributed by atoms with Crippen molar-refractivity contribution >= 4 is 34.6 Å². The van der Waals surface area contributed by atoms with Crippen LogP contribution in [0.4, 0.5) is 10.1 Å². The van der Waals surface area contributed by atoms with Gasteiger partial charge in [-0.15, -0.1) is 0 Å². The maximum atomic E-state index is 13.7. The summed E-state index contributed by atoms with van der Waals surface area (Å²) in [5.74, 6) is -1.08. The molecule has 0 aromatic heterocycles. The van der Waals surface area contributed by atoms with Crippen molar-refractivity contribution in [2.24, 2.45) is 5.73 Å². The van der Waals surface area contributed by atoms with Crippen LogP contribution in [0.1, 0.15) is 25.3 Å². The third-order valence-electron chi connectivity index (χ3n) is 4.06. The molecular weight excluding hydrogens is 388 g/mol. The largest absolute Gasteiger partial charge is 0.505 e. The summed E-state index contributed by atoms with van der Waals surface area (Å²) in [6.07, 6.45) is 3.63. The Balaban J connectivity index is 2.31. The van der Waals surface area contributed by atoms with Crippen molar-refractivity contribution in [2.45, 2.75) is 32.2 Å². The summed E-state index contributed by atoms with van der Waals surface area (Å²) in [6, 6.07) is 9.01. The van der Waals surface area contributed by atoms with E-state index in [0.717, 1.165) is 17.8 Å². The smallest absolute Gasteiger partial charge is 0.165 e. The van der Waals surface area contributed by atoms with Crippen LogP contribution in [-0.4, -0.2) is 16.9 Å². The molecule has 0 aliphatic carbocycles. The van der Waals surface area contributed by atoms with E-state index in [0.29, 0.717) is 34.2 Å². The number of rotatable bonds is 8. The molecule has 2 aromatic rings. The monoisotopic (exact) mass is 410 g/mol. The van der Waals surface area contributed by atoms with E-state index in [1.165, 1.54) is 12.1 Å². The Hall–Kier alpha value is -1.92. The zero-order valence-corrected chi connectivity index (χ0v) is 16.5. The third-order valence-corrected chi connectivity index (χ3v) is 4.63. The first-order valence-electron chi connectivity index (χ1n) is 8.62. The van der Waals surface area contributed by atoms with E-state index in [1.807, 2.05) is 12.2 Å². The van der Waals surface area contributed by atoms with Gasteiger partial charge in [0.05, 0.1) is 5.71 Å². The lowest BCUT2D eigenvalue weighted by Gasteiger charge is -2.12. The number of phenolic OH excluding ortho intramolecular Hbond substituents is 1. The van der Waals surface area contributed by atoms with E-state index in [1.54, 1.807) is 30.3 Å². The standard InChI is InChI=1S/C20H22Cl2FN3O/c1-2-3-17(24)18(25)11-14(8-12-4-7-20(27)16(23)9-12)26-19-6-5-13(21)10-15(19)22/h4-7,9-11,17,25-27H,2-3,8,24H2,1H3/p+1/b14-11-,25-18?. The van der Waals surface area contributed by atoms with Crippen LogP contribution < -0.4 is 11.1 Å². The summed E-state index contributed by atoms with van der Waals surface area (Å²) in [5, 5.41) is 20.4. The van der Waals surface area contributed by atoms with Crippen LogP contribution in [0.2, 0.25) is 10.0 Å². The van der Waals surface area contributed by atoms with E-state index in [2.05, 4.69) is 0 Å². The van der Waals surface area contributed by atoms with Crippen LogP contribution in [0.15, 0.2) is 48.2 Å². The molecule has 1 unspecified atom stereocenters. The molecule has 144 valence electrons. The van der Waals surface area contributed by atoms with E-state index in [4.69, 9.17) is 34.3 Å². The van der Waals surface area contributed by atoms with Crippen molar-refractivity contribution in [3.05, 3.63) is 69.6 Å². The summed E-state index contributed by atoms with van der Waals surface area (Å²) < 4.78 is 13.7. The topological polar surface area (TPSA) is 86.7 Å². The van der Waals surface area contributed by atoms with Crippen molar-refractivity contribution < 1.29 is 14.8 Å². The van der Waals surface area contributed by atoms with Gasteiger partial charge in [0.2, 0.25) is 0 Å². The fourth-order valence-corrected chi connectivity index (χ4v) is 3.09. The van der Waals surface area contributed by atoms with Gasteiger partial charge in [-0.2, -0.15) is 0 Å². The molecule has 0 aliphatic heterocycles. The molecule has 0 fully saturated rings. The van der Waals surface area contributed by atoms with Crippen LogP contribution in [0, 0.1) is 11.2 Å². The summed E-state index contributed by atoms with van der Waals surface area (Å²) >= 11 is 12.2. The van der Waals surface area contributed by atoms with E-state index < -0.39 is 11.6 Å². The second-order valence-electron chi connectivity index (χ2n) is 6.34. The Bertz CT molecular complexity index is 855. The van der Waals surface area contributed by atoms with Gasteiger partial charge in [-0.25, -0.2) is 4.39 Å². The number of aromatic hydroxyl groups is 1. The minimum Gasteiger partial charge on any atom is -0.505 e. The lowest BCUT2D eigenvalue weighted by Crippen LogP contribution is -2.76. The van der Waals surface area contributed by atoms with E-state index >= 15 is 0 Å². The highest BCUT2D eigenvalue weighted by atomic mass is 35.5.